The summed E-state index contributed by atoms with van der Waals surface area (Å²) in [5.41, 5.74) is 2.63. The number of hydrogen-bond donors (Lipinski definition) is 1. The van der Waals surface area contributed by atoms with Crippen LogP contribution in [0.1, 0.15) is 45.6 Å². The number of carbonyl (C=O) groups excluding carboxylic acids is 1. The van der Waals surface area contributed by atoms with Crippen LogP contribution in [0.3, 0.4) is 0 Å². The molecule has 1 aromatic rings. The highest BCUT2D eigenvalue weighted by Gasteiger charge is 2.36. The fourth-order valence-corrected chi connectivity index (χ4v) is 3.56. The van der Waals surface area contributed by atoms with Crippen molar-refractivity contribution >= 4 is 5.78 Å². The highest BCUT2D eigenvalue weighted by Crippen LogP contribution is 2.32. The molecule has 1 aliphatic carbocycles. The number of allylic oxidation sites excluding steroid dienone is 1. The maximum absolute atomic E-state index is 12.9. The van der Waals surface area contributed by atoms with Gasteiger partial charge in [-0.05, 0) is 49.5 Å². The van der Waals surface area contributed by atoms with Crippen LogP contribution in [0.25, 0.3) is 0 Å². The third kappa shape index (κ3) is 6.18. The summed E-state index contributed by atoms with van der Waals surface area (Å²) in [4.78, 5) is 12.9. The van der Waals surface area contributed by atoms with E-state index in [0.29, 0.717) is 23.9 Å². The molecular weight excluding hydrogens is 368 g/mol. The third-order valence-corrected chi connectivity index (χ3v) is 5.28. The Labute approximate surface area is 174 Å². The Bertz CT molecular complexity index is 730. The van der Waals surface area contributed by atoms with Crippen LogP contribution in [0.15, 0.2) is 47.2 Å². The standard InChI is InChI=1S/C24H34O5/c1-16(2)7-6-8-17(3)22-23(26)19(14-25)13-21(24(22)28-5)29-15-18-9-11-20(27-4)12-10-18/h9-13,16,19,24-25H,6-8,14-15H2,1-5H3/t19?,24-/m1/s1. The minimum atomic E-state index is -0.595. The van der Waals surface area contributed by atoms with Gasteiger partial charge in [0.25, 0.3) is 0 Å². The van der Waals surface area contributed by atoms with Gasteiger partial charge in [-0.3, -0.25) is 4.79 Å². The molecule has 0 radical (unpaired) electrons. The first kappa shape index (κ1) is 23.2. The van der Waals surface area contributed by atoms with Crippen molar-refractivity contribution in [1.82, 2.24) is 0 Å². The molecule has 0 fully saturated rings. The van der Waals surface area contributed by atoms with Crippen LogP contribution in [0.5, 0.6) is 5.75 Å². The average molecular weight is 403 g/mol. The zero-order chi connectivity index (χ0) is 21.4. The predicted molar refractivity (Wildman–Crippen MR) is 114 cm³/mol. The molecule has 0 heterocycles. The number of rotatable bonds is 10. The molecule has 1 N–H and O–H groups in total. The summed E-state index contributed by atoms with van der Waals surface area (Å²) < 4.78 is 16.9. The zero-order valence-electron chi connectivity index (χ0n) is 18.2. The molecule has 2 rings (SSSR count). The lowest BCUT2D eigenvalue weighted by Gasteiger charge is -2.30. The maximum atomic E-state index is 12.9. The highest BCUT2D eigenvalue weighted by molar-refractivity contribution is 6.01. The summed E-state index contributed by atoms with van der Waals surface area (Å²) in [5, 5.41) is 9.73. The lowest BCUT2D eigenvalue weighted by atomic mass is 9.83. The van der Waals surface area contributed by atoms with Crippen LogP contribution in [-0.2, 0) is 20.9 Å². The van der Waals surface area contributed by atoms with Crippen molar-refractivity contribution in [3.05, 3.63) is 52.8 Å². The molecule has 2 atom stereocenters. The molecule has 0 bridgehead atoms. The van der Waals surface area contributed by atoms with Crippen molar-refractivity contribution in [3.63, 3.8) is 0 Å². The Morgan fingerprint density at radius 3 is 2.41 bits per heavy atom. The van der Waals surface area contributed by atoms with Crippen molar-refractivity contribution in [1.29, 1.82) is 0 Å². The second-order valence-corrected chi connectivity index (χ2v) is 7.95. The molecule has 0 spiro atoms. The fraction of sp³-hybridized carbons (Fsp3) is 0.542. The van der Waals surface area contributed by atoms with Gasteiger partial charge in [0, 0.05) is 12.7 Å². The zero-order valence-corrected chi connectivity index (χ0v) is 18.2. The SMILES string of the molecule is COc1ccc(COC2=CC(CO)C(=O)C(=C(C)CCCC(C)C)[C@@H]2OC)cc1. The first-order chi connectivity index (χ1) is 13.9. The summed E-state index contributed by atoms with van der Waals surface area (Å²) in [6.07, 6.45) is 4.12. The first-order valence-electron chi connectivity index (χ1n) is 10.3. The van der Waals surface area contributed by atoms with E-state index in [1.165, 1.54) is 0 Å². The lowest BCUT2D eigenvalue weighted by molar-refractivity contribution is -0.121. The summed E-state index contributed by atoms with van der Waals surface area (Å²) in [7, 11) is 3.22. The van der Waals surface area contributed by atoms with Crippen molar-refractivity contribution < 1.29 is 24.1 Å². The Morgan fingerprint density at radius 2 is 1.86 bits per heavy atom. The Balaban J connectivity index is 2.21. The van der Waals surface area contributed by atoms with Gasteiger partial charge in [-0.1, -0.05) is 38.0 Å². The van der Waals surface area contributed by atoms with Crippen LogP contribution in [-0.4, -0.2) is 37.8 Å². The third-order valence-electron chi connectivity index (χ3n) is 5.28. The van der Waals surface area contributed by atoms with E-state index in [-0.39, 0.29) is 12.4 Å². The summed E-state index contributed by atoms with van der Waals surface area (Å²) in [5.74, 6) is 1.33. The second-order valence-electron chi connectivity index (χ2n) is 7.95. The van der Waals surface area contributed by atoms with Crippen LogP contribution in [0, 0.1) is 11.8 Å². The number of ether oxygens (including phenoxy) is 3. The van der Waals surface area contributed by atoms with Crippen LogP contribution >= 0.6 is 0 Å². The number of hydrogen-bond acceptors (Lipinski definition) is 5. The van der Waals surface area contributed by atoms with E-state index in [1.54, 1.807) is 20.3 Å². The number of Topliss-reactive ketones (excluding diaryl/α,β-unsaturated/α-hetero) is 1. The van der Waals surface area contributed by atoms with Gasteiger partial charge in [-0.25, -0.2) is 0 Å². The topological polar surface area (TPSA) is 65.0 Å². The van der Waals surface area contributed by atoms with Gasteiger partial charge in [-0.2, -0.15) is 0 Å². The smallest absolute Gasteiger partial charge is 0.171 e. The molecule has 5 heteroatoms. The van der Waals surface area contributed by atoms with Crippen molar-refractivity contribution in [2.75, 3.05) is 20.8 Å². The molecule has 0 aromatic heterocycles. The molecule has 29 heavy (non-hydrogen) atoms. The minimum absolute atomic E-state index is 0.0711. The van der Waals surface area contributed by atoms with Crippen molar-refractivity contribution in [2.45, 2.75) is 52.7 Å². The van der Waals surface area contributed by atoms with Crippen LogP contribution in [0.4, 0.5) is 0 Å². The highest BCUT2D eigenvalue weighted by atomic mass is 16.5. The normalized spacial score (nSPS) is 21.2. The minimum Gasteiger partial charge on any atom is -0.497 e. The Hall–Kier alpha value is -2.11. The second kappa shape index (κ2) is 11.2. The summed E-state index contributed by atoms with van der Waals surface area (Å²) >= 11 is 0. The molecule has 0 saturated carbocycles. The van der Waals surface area contributed by atoms with E-state index in [0.717, 1.165) is 36.1 Å². The van der Waals surface area contributed by atoms with E-state index in [9.17, 15) is 9.90 Å². The van der Waals surface area contributed by atoms with Gasteiger partial charge in [0.15, 0.2) is 5.78 Å². The van der Waals surface area contributed by atoms with Gasteiger partial charge < -0.3 is 19.3 Å². The average Bonchev–Trinajstić information content (AvgIpc) is 2.72. The monoisotopic (exact) mass is 402 g/mol. The van der Waals surface area contributed by atoms with Crippen molar-refractivity contribution in [2.24, 2.45) is 11.8 Å². The summed E-state index contributed by atoms with van der Waals surface area (Å²) in [6, 6.07) is 7.64. The van der Waals surface area contributed by atoms with E-state index in [1.807, 2.05) is 31.2 Å². The number of aliphatic hydroxyl groups is 1. The summed E-state index contributed by atoms with van der Waals surface area (Å²) in [6.45, 7) is 6.49. The molecule has 5 nitrogen and oxygen atoms in total. The van der Waals surface area contributed by atoms with E-state index in [4.69, 9.17) is 14.2 Å². The number of ketones is 1. The maximum Gasteiger partial charge on any atom is 0.171 e. The van der Waals surface area contributed by atoms with Crippen LogP contribution in [0.2, 0.25) is 0 Å². The number of carbonyl (C=O) groups is 1. The van der Waals surface area contributed by atoms with E-state index in [2.05, 4.69) is 13.8 Å². The van der Waals surface area contributed by atoms with Gasteiger partial charge >= 0.3 is 0 Å². The largest absolute Gasteiger partial charge is 0.497 e. The molecule has 0 aliphatic heterocycles. The molecule has 1 unspecified atom stereocenters. The van der Waals surface area contributed by atoms with E-state index >= 15 is 0 Å². The van der Waals surface area contributed by atoms with Crippen LogP contribution < -0.4 is 4.74 Å². The molecule has 0 amide bonds. The molecule has 1 aliphatic rings. The van der Waals surface area contributed by atoms with Gasteiger partial charge in [0.1, 0.15) is 24.2 Å². The Morgan fingerprint density at radius 1 is 1.17 bits per heavy atom. The first-order valence-corrected chi connectivity index (χ1v) is 10.3. The van der Waals surface area contributed by atoms with Crippen molar-refractivity contribution in [3.8, 4) is 5.75 Å². The van der Waals surface area contributed by atoms with Gasteiger partial charge in [0.05, 0.1) is 19.6 Å². The quantitative estimate of drug-likeness (QED) is 0.586. The Kier molecular flexibility index (Phi) is 8.93. The molecule has 0 saturated heterocycles. The van der Waals surface area contributed by atoms with E-state index < -0.39 is 12.0 Å². The lowest BCUT2D eigenvalue weighted by Crippen LogP contribution is -2.35. The molecular formula is C24H34O5. The van der Waals surface area contributed by atoms with Gasteiger partial charge in [-0.15, -0.1) is 0 Å². The predicted octanol–water partition coefficient (Wildman–Crippen LogP) is 4.44. The number of benzene rings is 1. The molecule has 160 valence electrons. The number of methoxy groups -OCH3 is 2. The molecule has 1 aromatic carbocycles. The fourth-order valence-electron chi connectivity index (χ4n) is 3.56. The number of aliphatic hydroxyl groups excluding tert-OH is 1. The van der Waals surface area contributed by atoms with Gasteiger partial charge in [0.2, 0.25) is 0 Å².